The Balaban J connectivity index is 1.95. The van der Waals surface area contributed by atoms with Crippen molar-refractivity contribution in [1.82, 2.24) is 15.5 Å². The van der Waals surface area contributed by atoms with Crippen LogP contribution in [0.25, 0.3) is 0 Å². The van der Waals surface area contributed by atoms with Gasteiger partial charge in [-0.1, -0.05) is 27.7 Å². The second-order valence-electron chi connectivity index (χ2n) is 8.80. The number of urea groups is 1. The molecule has 0 radical (unpaired) electrons. The summed E-state index contributed by atoms with van der Waals surface area (Å²) in [6.07, 6.45) is 2.84. The van der Waals surface area contributed by atoms with Crippen LogP contribution in [-0.4, -0.2) is 53.4 Å². The van der Waals surface area contributed by atoms with E-state index in [0.29, 0.717) is 12.8 Å². The molecule has 1 aliphatic carbocycles. The Labute approximate surface area is 160 Å². The van der Waals surface area contributed by atoms with Crippen molar-refractivity contribution in [2.45, 2.75) is 71.9 Å². The Morgan fingerprint density at radius 2 is 2.00 bits per heavy atom. The Bertz CT molecular complexity index is 633. The van der Waals surface area contributed by atoms with E-state index in [4.69, 9.17) is 4.74 Å². The highest BCUT2D eigenvalue weighted by Crippen LogP contribution is 2.46. The zero-order valence-corrected chi connectivity index (χ0v) is 16.9. The first-order valence-electron chi connectivity index (χ1n) is 9.57. The van der Waals surface area contributed by atoms with Gasteiger partial charge in [-0.25, -0.2) is 4.79 Å². The van der Waals surface area contributed by atoms with Crippen molar-refractivity contribution >= 4 is 23.8 Å². The molecule has 1 saturated heterocycles. The fourth-order valence-electron chi connectivity index (χ4n) is 4.39. The summed E-state index contributed by atoms with van der Waals surface area (Å²) < 4.78 is 4.92. The third-order valence-corrected chi connectivity index (χ3v) is 5.30. The second kappa shape index (κ2) is 7.86. The van der Waals surface area contributed by atoms with Crippen LogP contribution in [0.1, 0.15) is 60.3 Å². The largest absolute Gasteiger partial charge is 0.454 e. The van der Waals surface area contributed by atoms with Crippen LogP contribution in [0.3, 0.4) is 0 Å². The monoisotopic (exact) mass is 381 g/mol. The molecule has 1 aliphatic heterocycles. The maximum atomic E-state index is 12.9. The average Bonchev–Trinajstić information content (AvgIpc) is 2.74. The third kappa shape index (κ3) is 4.99. The smallest absolute Gasteiger partial charge is 0.326 e. The van der Waals surface area contributed by atoms with Crippen LogP contribution in [0, 0.1) is 11.3 Å². The fourth-order valence-corrected chi connectivity index (χ4v) is 4.39. The fraction of sp³-hybridized carbons (Fsp3) is 0.789. The second-order valence-corrected chi connectivity index (χ2v) is 8.80. The van der Waals surface area contributed by atoms with E-state index in [1.807, 2.05) is 13.8 Å². The molecule has 0 aromatic heterocycles. The maximum absolute atomic E-state index is 12.9. The zero-order valence-electron chi connectivity index (χ0n) is 16.9. The van der Waals surface area contributed by atoms with Gasteiger partial charge in [0.25, 0.3) is 11.8 Å². The van der Waals surface area contributed by atoms with Crippen molar-refractivity contribution in [2.75, 3.05) is 13.2 Å². The summed E-state index contributed by atoms with van der Waals surface area (Å²) in [6, 6.07) is -0.593. The van der Waals surface area contributed by atoms with Gasteiger partial charge >= 0.3 is 12.0 Å². The molecular weight excluding hydrogens is 350 g/mol. The lowest BCUT2D eigenvalue weighted by molar-refractivity contribution is -0.151. The summed E-state index contributed by atoms with van der Waals surface area (Å²) in [4.78, 5) is 49.9. The first kappa shape index (κ1) is 21.2. The zero-order chi connectivity index (χ0) is 20.4. The van der Waals surface area contributed by atoms with Gasteiger partial charge in [0.15, 0.2) is 6.61 Å². The summed E-state index contributed by atoms with van der Waals surface area (Å²) in [5.74, 6) is -1.28. The number of carbonyl (C=O) groups excluding carboxylic acids is 4. The van der Waals surface area contributed by atoms with Gasteiger partial charge in [-0.3, -0.25) is 19.3 Å². The number of carbonyl (C=O) groups is 4. The molecule has 8 nitrogen and oxygen atoms in total. The Morgan fingerprint density at radius 3 is 2.59 bits per heavy atom. The van der Waals surface area contributed by atoms with Gasteiger partial charge in [-0.2, -0.15) is 0 Å². The molecule has 1 spiro atoms. The van der Waals surface area contributed by atoms with Crippen molar-refractivity contribution in [2.24, 2.45) is 11.3 Å². The van der Waals surface area contributed by atoms with E-state index in [9.17, 15) is 19.2 Å². The van der Waals surface area contributed by atoms with Crippen LogP contribution in [0.4, 0.5) is 4.79 Å². The predicted octanol–water partition coefficient (Wildman–Crippen LogP) is 1.58. The van der Waals surface area contributed by atoms with Crippen molar-refractivity contribution in [3.05, 3.63) is 0 Å². The first-order chi connectivity index (χ1) is 12.5. The van der Waals surface area contributed by atoms with E-state index in [0.717, 1.165) is 17.7 Å². The molecule has 0 bridgehead atoms. The summed E-state index contributed by atoms with van der Waals surface area (Å²) in [7, 11) is 0. The highest BCUT2D eigenvalue weighted by atomic mass is 16.5. The van der Waals surface area contributed by atoms with Crippen molar-refractivity contribution in [3.8, 4) is 0 Å². The maximum Gasteiger partial charge on any atom is 0.326 e. The molecular formula is C19H31N3O5. The van der Waals surface area contributed by atoms with Gasteiger partial charge in [0, 0.05) is 6.04 Å². The number of nitrogens with one attached hydrogen (secondary N) is 2. The van der Waals surface area contributed by atoms with E-state index < -0.39 is 36.6 Å². The number of esters is 1. The molecule has 2 fully saturated rings. The minimum Gasteiger partial charge on any atom is -0.454 e. The molecule has 2 N–H and O–H groups in total. The normalized spacial score (nSPS) is 28.0. The SMILES string of the molecule is CC[C@H](C)NC(=O)COC(=O)CN1C(=O)N[C@@]2(C[C@H](C)CC(C)(C)C2)C1=O. The topological polar surface area (TPSA) is 105 Å². The number of amides is 4. The van der Waals surface area contributed by atoms with Crippen molar-refractivity contribution in [1.29, 1.82) is 0 Å². The standard InChI is InChI=1S/C19H31N3O5/c1-6-13(3)20-14(23)10-27-15(24)9-22-16(25)19(21-17(22)26)8-12(2)7-18(4,5)11-19/h12-13H,6-11H2,1-5H3,(H,20,23)(H,21,26)/t12-,13+,19-/m1/s1. The summed E-state index contributed by atoms with van der Waals surface area (Å²) in [5.41, 5.74) is -1.03. The van der Waals surface area contributed by atoms with E-state index in [-0.39, 0.29) is 23.3 Å². The molecule has 4 amide bonds. The van der Waals surface area contributed by atoms with Gasteiger partial charge in [-0.05, 0) is 43.9 Å². The number of nitrogens with zero attached hydrogens (tertiary/aromatic N) is 1. The van der Waals surface area contributed by atoms with E-state index in [2.05, 4.69) is 31.4 Å². The molecule has 152 valence electrons. The lowest BCUT2D eigenvalue weighted by Gasteiger charge is -2.43. The number of rotatable bonds is 6. The number of imide groups is 1. The minimum absolute atomic E-state index is 0.0151. The van der Waals surface area contributed by atoms with Crippen molar-refractivity contribution < 1.29 is 23.9 Å². The van der Waals surface area contributed by atoms with Crippen LogP contribution in [-0.2, 0) is 19.1 Å². The Hall–Kier alpha value is -2.12. The van der Waals surface area contributed by atoms with E-state index in [1.54, 1.807) is 0 Å². The number of hydrogen-bond acceptors (Lipinski definition) is 5. The minimum atomic E-state index is -0.952. The lowest BCUT2D eigenvalue weighted by Crippen LogP contribution is -2.54. The lowest BCUT2D eigenvalue weighted by atomic mass is 9.64. The van der Waals surface area contributed by atoms with Crippen LogP contribution < -0.4 is 10.6 Å². The highest BCUT2D eigenvalue weighted by molar-refractivity contribution is 6.08. The molecule has 2 aliphatic rings. The van der Waals surface area contributed by atoms with Crippen LogP contribution in [0.5, 0.6) is 0 Å². The predicted molar refractivity (Wildman–Crippen MR) is 98.6 cm³/mol. The molecule has 27 heavy (non-hydrogen) atoms. The number of ether oxygens (including phenoxy) is 1. The first-order valence-corrected chi connectivity index (χ1v) is 9.57. The van der Waals surface area contributed by atoms with Gasteiger partial charge in [0.05, 0.1) is 0 Å². The quantitative estimate of drug-likeness (QED) is 0.537. The molecule has 1 heterocycles. The molecule has 1 saturated carbocycles. The van der Waals surface area contributed by atoms with Gasteiger partial charge in [-0.15, -0.1) is 0 Å². The molecule has 0 aromatic rings. The Morgan fingerprint density at radius 1 is 1.33 bits per heavy atom. The number of hydrogen-bond donors (Lipinski definition) is 2. The summed E-state index contributed by atoms with van der Waals surface area (Å²) in [5, 5.41) is 5.49. The van der Waals surface area contributed by atoms with Crippen LogP contribution >= 0.6 is 0 Å². The van der Waals surface area contributed by atoms with Crippen molar-refractivity contribution in [3.63, 3.8) is 0 Å². The Kier molecular flexibility index (Phi) is 6.17. The third-order valence-electron chi connectivity index (χ3n) is 5.30. The molecule has 0 unspecified atom stereocenters. The van der Waals surface area contributed by atoms with Crippen LogP contribution in [0.2, 0.25) is 0 Å². The van der Waals surface area contributed by atoms with E-state index in [1.165, 1.54) is 0 Å². The van der Waals surface area contributed by atoms with Gasteiger partial charge in [0.1, 0.15) is 12.1 Å². The molecule has 2 rings (SSSR count). The van der Waals surface area contributed by atoms with Crippen LogP contribution in [0.15, 0.2) is 0 Å². The average molecular weight is 381 g/mol. The van der Waals surface area contributed by atoms with Gasteiger partial charge in [0.2, 0.25) is 0 Å². The molecule has 8 heteroatoms. The highest BCUT2D eigenvalue weighted by Gasteiger charge is 2.56. The molecule has 0 aromatic carbocycles. The van der Waals surface area contributed by atoms with E-state index >= 15 is 0 Å². The summed E-state index contributed by atoms with van der Waals surface area (Å²) >= 11 is 0. The summed E-state index contributed by atoms with van der Waals surface area (Å²) in [6.45, 7) is 9.08. The molecule has 3 atom stereocenters. The van der Waals surface area contributed by atoms with Gasteiger partial charge < -0.3 is 15.4 Å².